The van der Waals surface area contributed by atoms with Crippen LogP contribution in [-0.4, -0.2) is 35.4 Å². The Labute approximate surface area is 99.6 Å². The molecule has 96 valence electrons. The van der Waals surface area contributed by atoms with E-state index < -0.39 is 12.0 Å². The van der Waals surface area contributed by atoms with Crippen LogP contribution in [0.4, 0.5) is 0 Å². The Balaban J connectivity index is 1.99. The number of unbranched alkanes of at least 4 members (excludes halogenated alkanes) is 1. The molecule has 0 aromatic heterocycles. The Kier molecular flexibility index (Phi) is 5.09. The maximum Gasteiger partial charge on any atom is 0.320 e. The van der Waals surface area contributed by atoms with E-state index in [9.17, 15) is 14.4 Å². The SMILES string of the molecule is N[C@@H](CCCCNC(=O)C1CC(=O)C1)C(=O)O. The van der Waals surface area contributed by atoms with Crippen LogP contribution in [0.15, 0.2) is 0 Å². The molecule has 4 N–H and O–H groups in total. The molecule has 0 aromatic rings. The number of hydrogen-bond donors (Lipinski definition) is 3. The largest absolute Gasteiger partial charge is 0.480 e. The van der Waals surface area contributed by atoms with Gasteiger partial charge in [0.05, 0.1) is 5.92 Å². The minimum Gasteiger partial charge on any atom is -0.480 e. The highest BCUT2D eigenvalue weighted by molar-refractivity contribution is 5.96. The van der Waals surface area contributed by atoms with E-state index in [0.717, 1.165) is 0 Å². The average molecular weight is 242 g/mol. The molecule has 6 heteroatoms. The Morgan fingerprint density at radius 2 is 2.06 bits per heavy atom. The van der Waals surface area contributed by atoms with Crippen LogP contribution in [0.25, 0.3) is 0 Å². The fourth-order valence-electron chi connectivity index (χ4n) is 1.64. The number of carbonyl (C=O) groups is 3. The molecule has 0 radical (unpaired) electrons. The van der Waals surface area contributed by atoms with E-state index in [0.29, 0.717) is 38.6 Å². The van der Waals surface area contributed by atoms with Crippen molar-refractivity contribution in [2.24, 2.45) is 11.7 Å². The average Bonchev–Trinajstić information content (AvgIpc) is 2.23. The van der Waals surface area contributed by atoms with Crippen LogP contribution in [0.1, 0.15) is 32.1 Å². The quantitative estimate of drug-likeness (QED) is 0.529. The van der Waals surface area contributed by atoms with Crippen molar-refractivity contribution < 1.29 is 19.5 Å². The predicted molar refractivity (Wildman–Crippen MR) is 60.2 cm³/mol. The number of aliphatic carboxylic acids is 1. The summed E-state index contributed by atoms with van der Waals surface area (Å²) in [5.74, 6) is -1.09. The van der Waals surface area contributed by atoms with Crippen LogP contribution >= 0.6 is 0 Å². The summed E-state index contributed by atoms with van der Waals surface area (Å²) in [6.07, 6.45) is 2.49. The Bertz CT molecular complexity index is 309. The molecule has 0 aromatic carbocycles. The monoisotopic (exact) mass is 242 g/mol. The van der Waals surface area contributed by atoms with Gasteiger partial charge in [0.1, 0.15) is 11.8 Å². The molecule has 0 spiro atoms. The first-order valence-corrected chi connectivity index (χ1v) is 5.78. The van der Waals surface area contributed by atoms with Crippen molar-refractivity contribution in [1.29, 1.82) is 0 Å². The van der Waals surface area contributed by atoms with Gasteiger partial charge in [0.2, 0.25) is 5.91 Å². The molecule has 6 nitrogen and oxygen atoms in total. The highest BCUT2D eigenvalue weighted by atomic mass is 16.4. The lowest BCUT2D eigenvalue weighted by Crippen LogP contribution is -2.39. The number of nitrogens with two attached hydrogens (primary N) is 1. The van der Waals surface area contributed by atoms with Gasteiger partial charge < -0.3 is 16.2 Å². The molecule has 1 atom stereocenters. The van der Waals surface area contributed by atoms with Crippen molar-refractivity contribution in [3.63, 3.8) is 0 Å². The zero-order valence-corrected chi connectivity index (χ0v) is 9.65. The molecule has 1 fully saturated rings. The van der Waals surface area contributed by atoms with Crippen molar-refractivity contribution in [2.75, 3.05) is 6.54 Å². The number of rotatable bonds is 7. The molecule has 17 heavy (non-hydrogen) atoms. The summed E-state index contributed by atoms with van der Waals surface area (Å²) in [6, 6.07) is -0.824. The van der Waals surface area contributed by atoms with Crippen LogP contribution in [0.2, 0.25) is 0 Å². The van der Waals surface area contributed by atoms with Gasteiger partial charge in [-0.1, -0.05) is 0 Å². The van der Waals surface area contributed by atoms with E-state index in [1.54, 1.807) is 0 Å². The molecular weight excluding hydrogens is 224 g/mol. The smallest absolute Gasteiger partial charge is 0.320 e. The van der Waals surface area contributed by atoms with Gasteiger partial charge in [-0.05, 0) is 19.3 Å². The molecule has 0 unspecified atom stereocenters. The van der Waals surface area contributed by atoms with Crippen molar-refractivity contribution in [1.82, 2.24) is 5.32 Å². The van der Waals surface area contributed by atoms with Gasteiger partial charge in [-0.15, -0.1) is 0 Å². The van der Waals surface area contributed by atoms with Gasteiger partial charge in [-0.3, -0.25) is 14.4 Å². The molecule has 1 amide bonds. The summed E-state index contributed by atoms with van der Waals surface area (Å²) < 4.78 is 0. The number of carbonyl (C=O) groups excluding carboxylic acids is 2. The molecular formula is C11H18N2O4. The van der Waals surface area contributed by atoms with E-state index in [4.69, 9.17) is 10.8 Å². The second-order valence-electron chi connectivity index (χ2n) is 4.38. The maximum atomic E-state index is 11.4. The first-order chi connectivity index (χ1) is 8.00. The van der Waals surface area contributed by atoms with E-state index in [-0.39, 0.29) is 17.6 Å². The van der Waals surface area contributed by atoms with E-state index in [1.165, 1.54) is 0 Å². The van der Waals surface area contributed by atoms with Gasteiger partial charge in [-0.25, -0.2) is 0 Å². The summed E-state index contributed by atoms with van der Waals surface area (Å²) in [4.78, 5) is 32.5. The minimum atomic E-state index is -0.998. The van der Waals surface area contributed by atoms with Crippen molar-refractivity contribution >= 4 is 17.7 Å². The summed E-state index contributed by atoms with van der Waals surface area (Å²) in [7, 11) is 0. The lowest BCUT2D eigenvalue weighted by molar-refractivity contribution is -0.138. The minimum absolute atomic E-state index is 0.0767. The Morgan fingerprint density at radius 3 is 2.59 bits per heavy atom. The molecule has 0 aliphatic heterocycles. The Hall–Kier alpha value is -1.43. The molecule has 0 bridgehead atoms. The summed E-state index contributed by atoms with van der Waals surface area (Å²) in [6.45, 7) is 0.510. The van der Waals surface area contributed by atoms with E-state index in [1.807, 2.05) is 0 Å². The molecule has 1 aliphatic carbocycles. The number of carboxylic acid groups (broad SMARTS) is 1. The van der Waals surface area contributed by atoms with Crippen LogP contribution in [-0.2, 0) is 14.4 Å². The molecule has 1 aliphatic rings. The summed E-state index contributed by atoms with van der Waals surface area (Å²) >= 11 is 0. The van der Waals surface area contributed by atoms with E-state index in [2.05, 4.69) is 5.32 Å². The number of hydrogen-bond acceptors (Lipinski definition) is 4. The van der Waals surface area contributed by atoms with Crippen LogP contribution in [0, 0.1) is 5.92 Å². The fraction of sp³-hybridized carbons (Fsp3) is 0.727. The number of Topliss-reactive ketones (excluding diaryl/α,β-unsaturated/α-hetero) is 1. The maximum absolute atomic E-state index is 11.4. The Morgan fingerprint density at radius 1 is 1.41 bits per heavy atom. The first kappa shape index (κ1) is 13.6. The standard InChI is InChI=1S/C11H18N2O4/c12-9(11(16)17)3-1-2-4-13-10(15)7-5-8(14)6-7/h7,9H,1-6,12H2,(H,13,15)(H,16,17)/t9-/m0/s1. The van der Waals surface area contributed by atoms with Crippen LogP contribution < -0.4 is 11.1 Å². The second kappa shape index (κ2) is 6.34. The van der Waals surface area contributed by atoms with Crippen LogP contribution in [0.3, 0.4) is 0 Å². The number of amides is 1. The van der Waals surface area contributed by atoms with Crippen molar-refractivity contribution in [2.45, 2.75) is 38.1 Å². The third kappa shape index (κ3) is 4.52. The van der Waals surface area contributed by atoms with E-state index >= 15 is 0 Å². The van der Waals surface area contributed by atoms with Gasteiger partial charge in [0.25, 0.3) is 0 Å². The van der Waals surface area contributed by atoms with Crippen molar-refractivity contribution in [3.05, 3.63) is 0 Å². The number of nitrogens with one attached hydrogen (secondary N) is 1. The summed E-state index contributed by atoms with van der Waals surface area (Å²) in [5.41, 5.74) is 5.33. The molecule has 1 rings (SSSR count). The van der Waals surface area contributed by atoms with Gasteiger partial charge >= 0.3 is 5.97 Å². The first-order valence-electron chi connectivity index (χ1n) is 5.78. The zero-order chi connectivity index (χ0) is 12.8. The number of carboxylic acids is 1. The molecule has 0 saturated heterocycles. The van der Waals surface area contributed by atoms with Crippen molar-refractivity contribution in [3.8, 4) is 0 Å². The predicted octanol–water partition coefficient (Wildman–Crippen LogP) is -0.336. The fourth-order valence-corrected chi connectivity index (χ4v) is 1.64. The molecule has 0 heterocycles. The summed E-state index contributed by atoms with van der Waals surface area (Å²) in [5, 5.41) is 11.3. The second-order valence-corrected chi connectivity index (χ2v) is 4.38. The third-order valence-corrected chi connectivity index (χ3v) is 2.88. The third-order valence-electron chi connectivity index (χ3n) is 2.88. The highest BCUT2D eigenvalue weighted by Gasteiger charge is 2.32. The molecule has 1 saturated carbocycles. The zero-order valence-electron chi connectivity index (χ0n) is 9.65. The normalized spacial score (nSPS) is 17.4. The van der Waals surface area contributed by atoms with Gasteiger partial charge in [-0.2, -0.15) is 0 Å². The lowest BCUT2D eigenvalue weighted by atomic mass is 9.83. The van der Waals surface area contributed by atoms with Gasteiger partial charge in [0, 0.05) is 19.4 Å². The topological polar surface area (TPSA) is 109 Å². The van der Waals surface area contributed by atoms with Crippen LogP contribution in [0.5, 0.6) is 0 Å². The number of ketones is 1. The van der Waals surface area contributed by atoms with Gasteiger partial charge in [0.15, 0.2) is 0 Å². The highest BCUT2D eigenvalue weighted by Crippen LogP contribution is 2.22. The lowest BCUT2D eigenvalue weighted by Gasteiger charge is -2.22.